The third-order valence-corrected chi connectivity index (χ3v) is 7.72. The van der Waals surface area contributed by atoms with Gasteiger partial charge in [-0.1, -0.05) is 41.4 Å². The van der Waals surface area contributed by atoms with Crippen molar-refractivity contribution in [3.63, 3.8) is 0 Å². The van der Waals surface area contributed by atoms with E-state index in [1.165, 1.54) is 4.31 Å². The average molecular weight is 539 g/mol. The van der Waals surface area contributed by atoms with Crippen LogP contribution in [0.1, 0.15) is 22.6 Å². The van der Waals surface area contributed by atoms with Gasteiger partial charge >= 0.3 is 0 Å². The molecule has 4 aromatic rings. The molecule has 4 rings (SSSR count). The van der Waals surface area contributed by atoms with Gasteiger partial charge in [-0.3, -0.25) is 0 Å². The minimum absolute atomic E-state index is 0.0402. The molecule has 0 aliphatic carbocycles. The molecule has 7 nitrogen and oxygen atoms in total. The highest BCUT2D eigenvalue weighted by atomic mass is 35.5. The minimum atomic E-state index is -3.81. The molecule has 0 atom stereocenters. The highest BCUT2D eigenvalue weighted by molar-refractivity contribution is 7.89. The largest absolute Gasteiger partial charge is 0.497 e. The Kier molecular flexibility index (Phi) is 8.33. The number of aryl methyl sites for hydroxylation is 1. The summed E-state index contributed by atoms with van der Waals surface area (Å²) in [5.41, 5.74) is 2.39. The van der Waals surface area contributed by atoms with Gasteiger partial charge in [0, 0.05) is 17.6 Å². The SMILES string of the molecule is COc1ccc(N=Cc2ccc(CN(Cc3ccc(Cl)cc3)S(=O)(=O)c3ccc(C)cc3)o2)c(OC)c1. The number of methoxy groups -OCH3 is 2. The van der Waals surface area contributed by atoms with Crippen LogP contribution in [0.2, 0.25) is 5.02 Å². The van der Waals surface area contributed by atoms with Crippen LogP contribution in [0.3, 0.4) is 0 Å². The lowest BCUT2D eigenvalue weighted by Gasteiger charge is -2.21. The molecule has 0 radical (unpaired) electrons. The predicted molar refractivity (Wildman–Crippen MR) is 145 cm³/mol. The maximum Gasteiger partial charge on any atom is 0.243 e. The fourth-order valence-corrected chi connectivity index (χ4v) is 5.15. The number of ether oxygens (including phenoxy) is 2. The van der Waals surface area contributed by atoms with Gasteiger partial charge < -0.3 is 13.9 Å². The maximum atomic E-state index is 13.6. The molecule has 3 aromatic carbocycles. The minimum Gasteiger partial charge on any atom is -0.497 e. The van der Waals surface area contributed by atoms with Crippen LogP contribution in [0.4, 0.5) is 5.69 Å². The summed E-state index contributed by atoms with van der Waals surface area (Å²) in [6, 6.07) is 22.7. The quantitative estimate of drug-likeness (QED) is 0.218. The zero-order valence-electron chi connectivity index (χ0n) is 20.7. The standard InChI is InChI=1S/C28H27ClN2O5S/c1-20-4-13-26(14-5-20)37(32,33)31(18-21-6-8-22(29)9-7-21)19-25-11-10-24(36-25)17-30-27-15-12-23(34-2)16-28(27)35-3/h4-17H,18-19H2,1-3H3. The van der Waals surface area contributed by atoms with Crippen LogP contribution in [-0.4, -0.2) is 33.2 Å². The van der Waals surface area contributed by atoms with Crippen LogP contribution in [0, 0.1) is 6.92 Å². The Bertz CT molecular complexity index is 1480. The second-order valence-electron chi connectivity index (χ2n) is 8.31. The Morgan fingerprint density at radius 1 is 0.919 bits per heavy atom. The number of sulfonamides is 1. The van der Waals surface area contributed by atoms with E-state index in [9.17, 15) is 8.42 Å². The molecule has 1 heterocycles. The number of hydrogen-bond donors (Lipinski definition) is 0. The number of benzene rings is 3. The molecular weight excluding hydrogens is 512 g/mol. The highest BCUT2D eigenvalue weighted by Crippen LogP contribution is 2.31. The van der Waals surface area contributed by atoms with Crippen LogP contribution in [0.15, 0.2) is 93.2 Å². The molecular formula is C28H27ClN2O5S. The Morgan fingerprint density at radius 3 is 2.32 bits per heavy atom. The summed E-state index contributed by atoms with van der Waals surface area (Å²) in [5, 5.41) is 0.583. The molecule has 0 fully saturated rings. The lowest BCUT2D eigenvalue weighted by molar-refractivity contribution is 0.357. The van der Waals surface area contributed by atoms with Crippen molar-refractivity contribution in [1.82, 2.24) is 4.31 Å². The van der Waals surface area contributed by atoms with Gasteiger partial charge in [-0.15, -0.1) is 0 Å². The van der Waals surface area contributed by atoms with E-state index >= 15 is 0 Å². The van der Waals surface area contributed by atoms with Crippen LogP contribution in [0.25, 0.3) is 0 Å². The van der Waals surface area contributed by atoms with Gasteiger partial charge in [0.25, 0.3) is 0 Å². The Morgan fingerprint density at radius 2 is 1.65 bits per heavy atom. The van der Waals surface area contributed by atoms with Crippen molar-refractivity contribution < 1.29 is 22.3 Å². The fourth-order valence-electron chi connectivity index (χ4n) is 3.63. The third kappa shape index (κ3) is 6.60. The normalized spacial score (nSPS) is 11.8. The van der Waals surface area contributed by atoms with E-state index in [2.05, 4.69) is 4.99 Å². The second kappa shape index (κ2) is 11.6. The van der Waals surface area contributed by atoms with Crippen LogP contribution >= 0.6 is 11.6 Å². The number of nitrogens with zero attached hydrogens (tertiary/aromatic N) is 2. The lowest BCUT2D eigenvalue weighted by Crippen LogP contribution is -2.30. The molecule has 37 heavy (non-hydrogen) atoms. The lowest BCUT2D eigenvalue weighted by atomic mass is 10.2. The zero-order valence-corrected chi connectivity index (χ0v) is 22.3. The first-order valence-corrected chi connectivity index (χ1v) is 13.3. The van der Waals surface area contributed by atoms with Crippen molar-refractivity contribution in [2.75, 3.05) is 14.2 Å². The van der Waals surface area contributed by atoms with Crippen LogP contribution in [-0.2, 0) is 23.1 Å². The van der Waals surface area contributed by atoms with Crippen molar-refractivity contribution >= 4 is 33.5 Å². The molecule has 0 N–H and O–H groups in total. The molecule has 0 amide bonds. The Hall–Kier alpha value is -3.59. The fraction of sp³-hybridized carbons (Fsp3) is 0.179. The molecule has 0 unspecified atom stereocenters. The van der Waals surface area contributed by atoms with E-state index in [1.807, 2.05) is 19.1 Å². The van der Waals surface area contributed by atoms with E-state index in [-0.39, 0.29) is 18.0 Å². The zero-order chi connectivity index (χ0) is 26.4. The van der Waals surface area contributed by atoms with Crippen molar-refractivity contribution in [2.45, 2.75) is 24.9 Å². The summed E-state index contributed by atoms with van der Waals surface area (Å²) in [7, 11) is -0.669. The number of rotatable bonds is 10. The molecule has 1 aromatic heterocycles. The van der Waals surface area contributed by atoms with Crippen molar-refractivity contribution in [1.29, 1.82) is 0 Å². The molecule has 192 valence electrons. The molecule has 0 saturated carbocycles. The van der Waals surface area contributed by atoms with Crippen molar-refractivity contribution in [3.8, 4) is 11.5 Å². The Labute approximate surface area is 222 Å². The maximum absolute atomic E-state index is 13.6. The van der Waals surface area contributed by atoms with Gasteiger partial charge in [0.1, 0.15) is 28.7 Å². The van der Waals surface area contributed by atoms with E-state index in [0.29, 0.717) is 33.7 Å². The average Bonchev–Trinajstić information content (AvgIpc) is 3.35. The van der Waals surface area contributed by atoms with E-state index in [1.54, 1.807) is 87.2 Å². The number of hydrogen-bond acceptors (Lipinski definition) is 6. The first-order valence-electron chi connectivity index (χ1n) is 11.4. The van der Waals surface area contributed by atoms with Gasteiger partial charge in [-0.05, 0) is 61.0 Å². The first-order chi connectivity index (χ1) is 17.8. The number of halogens is 1. The first kappa shape index (κ1) is 26.5. The summed E-state index contributed by atoms with van der Waals surface area (Å²) in [6.07, 6.45) is 1.56. The number of aliphatic imine (C=N–C) groups is 1. The summed E-state index contributed by atoms with van der Waals surface area (Å²) < 4.78 is 45.0. The molecule has 0 aliphatic heterocycles. The van der Waals surface area contributed by atoms with E-state index < -0.39 is 10.0 Å². The molecule has 0 bridgehead atoms. The molecule has 0 aliphatic rings. The van der Waals surface area contributed by atoms with Crippen molar-refractivity contribution in [3.05, 3.63) is 107 Å². The van der Waals surface area contributed by atoms with E-state index in [4.69, 9.17) is 25.5 Å². The summed E-state index contributed by atoms with van der Waals surface area (Å²) >= 11 is 6.02. The molecule has 0 spiro atoms. The number of furan rings is 1. The summed E-state index contributed by atoms with van der Waals surface area (Å²) in [6.45, 7) is 2.11. The Balaban J connectivity index is 1.59. The van der Waals surface area contributed by atoms with E-state index in [0.717, 1.165) is 11.1 Å². The predicted octanol–water partition coefficient (Wildman–Crippen LogP) is 6.40. The molecule has 9 heteroatoms. The van der Waals surface area contributed by atoms with Gasteiger partial charge in [0.15, 0.2) is 0 Å². The van der Waals surface area contributed by atoms with Gasteiger partial charge in [0.05, 0.1) is 31.9 Å². The highest BCUT2D eigenvalue weighted by Gasteiger charge is 2.26. The van der Waals surface area contributed by atoms with Gasteiger partial charge in [-0.25, -0.2) is 13.4 Å². The third-order valence-electron chi connectivity index (χ3n) is 5.66. The topological polar surface area (TPSA) is 81.3 Å². The van der Waals surface area contributed by atoms with Crippen molar-refractivity contribution in [2.24, 2.45) is 4.99 Å². The monoisotopic (exact) mass is 538 g/mol. The summed E-state index contributed by atoms with van der Waals surface area (Å²) in [5.74, 6) is 2.17. The van der Waals surface area contributed by atoms with Gasteiger partial charge in [-0.2, -0.15) is 4.31 Å². The summed E-state index contributed by atoms with van der Waals surface area (Å²) in [4.78, 5) is 4.67. The van der Waals surface area contributed by atoms with Gasteiger partial charge in [0.2, 0.25) is 10.0 Å². The smallest absolute Gasteiger partial charge is 0.243 e. The van der Waals surface area contributed by atoms with Crippen LogP contribution in [0.5, 0.6) is 11.5 Å². The van der Waals surface area contributed by atoms with Crippen LogP contribution < -0.4 is 9.47 Å². The molecule has 0 saturated heterocycles. The second-order valence-corrected chi connectivity index (χ2v) is 10.7.